The Labute approximate surface area is 80.7 Å². The number of hydrogen-bond donors (Lipinski definition) is 1. The molecule has 0 atom stereocenters. The van der Waals surface area contributed by atoms with Gasteiger partial charge < -0.3 is 5.41 Å². The van der Waals surface area contributed by atoms with Gasteiger partial charge in [-0.1, -0.05) is 37.0 Å². The lowest BCUT2D eigenvalue weighted by atomic mass is 10.0. The monoisotopic (exact) mass is 175 g/mol. The number of allylic oxidation sites excluding steroid dienone is 7. The van der Waals surface area contributed by atoms with Gasteiger partial charge in [0.1, 0.15) is 0 Å². The first-order chi connectivity index (χ1) is 6.17. The van der Waals surface area contributed by atoms with Gasteiger partial charge in [0, 0.05) is 11.3 Å². The lowest BCUT2D eigenvalue weighted by molar-refractivity contribution is 1.44. The molecule has 13 heavy (non-hydrogen) atoms. The van der Waals surface area contributed by atoms with Gasteiger partial charge in [-0.2, -0.15) is 0 Å². The maximum atomic E-state index is 7.58. The van der Waals surface area contributed by atoms with E-state index in [1.165, 1.54) is 0 Å². The molecule has 0 aromatic carbocycles. The van der Waals surface area contributed by atoms with Crippen LogP contribution in [0.3, 0.4) is 0 Å². The van der Waals surface area contributed by atoms with Crippen molar-refractivity contribution in [2.24, 2.45) is 0 Å². The van der Waals surface area contributed by atoms with Crippen molar-refractivity contribution >= 4 is 5.71 Å². The van der Waals surface area contributed by atoms with E-state index in [0.717, 1.165) is 11.1 Å². The Morgan fingerprint density at radius 3 is 2.00 bits per heavy atom. The number of hydrogen-bond acceptors (Lipinski definition) is 1. The highest BCUT2D eigenvalue weighted by molar-refractivity contribution is 6.00. The molecule has 0 spiro atoms. The van der Waals surface area contributed by atoms with Gasteiger partial charge in [0.2, 0.25) is 0 Å². The fourth-order valence-corrected chi connectivity index (χ4v) is 1.05. The van der Waals surface area contributed by atoms with Crippen molar-refractivity contribution in [3.05, 3.63) is 48.1 Å². The van der Waals surface area contributed by atoms with Crippen LogP contribution < -0.4 is 0 Å². The van der Waals surface area contributed by atoms with E-state index in [-0.39, 0.29) is 0 Å². The maximum absolute atomic E-state index is 7.58. The van der Waals surface area contributed by atoms with E-state index < -0.39 is 0 Å². The summed E-state index contributed by atoms with van der Waals surface area (Å²) < 4.78 is 0. The lowest BCUT2D eigenvalue weighted by Gasteiger charge is -2.02. The van der Waals surface area contributed by atoms with Crippen molar-refractivity contribution < 1.29 is 0 Å². The van der Waals surface area contributed by atoms with Crippen LogP contribution in [0.1, 0.15) is 20.8 Å². The highest BCUT2D eigenvalue weighted by atomic mass is 14.4. The molecule has 0 rings (SSSR count). The van der Waals surface area contributed by atoms with Gasteiger partial charge in [-0.05, 0) is 26.3 Å². The molecular weight excluding hydrogens is 158 g/mol. The van der Waals surface area contributed by atoms with E-state index in [1.54, 1.807) is 13.0 Å². The molecule has 0 aromatic rings. The Bertz CT molecular complexity index is 277. The number of nitrogens with one attached hydrogen (secondary N) is 1. The van der Waals surface area contributed by atoms with Crippen molar-refractivity contribution in [2.45, 2.75) is 20.8 Å². The first kappa shape index (κ1) is 11.6. The highest BCUT2D eigenvalue weighted by Crippen LogP contribution is 2.10. The molecule has 0 fully saturated rings. The summed E-state index contributed by atoms with van der Waals surface area (Å²) in [5.74, 6) is 0. The molecule has 70 valence electrons. The zero-order valence-corrected chi connectivity index (χ0v) is 8.59. The van der Waals surface area contributed by atoms with Crippen LogP contribution >= 0.6 is 0 Å². The normalized spacial score (nSPS) is 13.5. The molecule has 0 saturated heterocycles. The van der Waals surface area contributed by atoms with Crippen LogP contribution in [0.5, 0.6) is 0 Å². The summed E-state index contributed by atoms with van der Waals surface area (Å²) in [6.07, 6.45) is 9.54. The molecule has 0 bridgehead atoms. The number of rotatable bonds is 4. The Hall–Kier alpha value is -1.37. The van der Waals surface area contributed by atoms with Crippen molar-refractivity contribution in [2.75, 3.05) is 0 Å². The van der Waals surface area contributed by atoms with Crippen molar-refractivity contribution in [3.63, 3.8) is 0 Å². The van der Waals surface area contributed by atoms with E-state index in [9.17, 15) is 0 Å². The first-order valence-corrected chi connectivity index (χ1v) is 4.35. The quantitative estimate of drug-likeness (QED) is 0.498. The van der Waals surface area contributed by atoms with E-state index in [4.69, 9.17) is 5.41 Å². The second-order valence-electron chi connectivity index (χ2n) is 2.70. The van der Waals surface area contributed by atoms with Crippen LogP contribution in [0.2, 0.25) is 0 Å². The summed E-state index contributed by atoms with van der Waals surface area (Å²) in [7, 11) is 0. The fourth-order valence-electron chi connectivity index (χ4n) is 1.05. The largest absolute Gasteiger partial charge is 0.305 e. The molecule has 1 heteroatoms. The Kier molecular flexibility index (Phi) is 5.53. The molecule has 0 amide bonds. The summed E-state index contributed by atoms with van der Waals surface area (Å²) in [4.78, 5) is 0. The summed E-state index contributed by atoms with van der Waals surface area (Å²) in [6, 6.07) is 0. The molecule has 0 radical (unpaired) electrons. The van der Waals surface area contributed by atoms with E-state index >= 15 is 0 Å². The van der Waals surface area contributed by atoms with Gasteiger partial charge in [-0.15, -0.1) is 0 Å². The summed E-state index contributed by atoms with van der Waals surface area (Å²) in [5, 5.41) is 7.58. The molecule has 0 aromatic heterocycles. The smallest absolute Gasteiger partial charge is 0.0361 e. The fraction of sp³-hybridized carbons (Fsp3) is 0.250. The van der Waals surface area contributed by atoms with E-state index in [1.807, 2.05) is 38.2 Å². The van der Waals surface area contributed by atoms with Crippen molar-refractivity contribution in [1.82, 2.24) is 0 Å². The zero-order valence-electron chi connectivity index (χ0n) is 8.59. The summed E-state index contributed by atoms with van der Waals surface area (Å²) in [5.41, 5.74) is 2.48. The zero-order chi connectivity index (χ0) is 10.3. The molecule has 0 aliphatic heterocycles. The van der Waals surface area contributed by atoms with Gasteiger partial charge >= 0.3 is 0 Å². The van der Waals surface area contributed by atoms with Crippen LogP contribution in [-0.2, 0) is 0 Å². The van der Waals surface area contributed by atoms with Crippen molar-refractivity contribution in [3.8, 4) is 0 Å². The second-order valence-corrected chi connectivity index (χ2v) is 2.70. The van der Waals surface area contributed by atoms with Gasteiger partial charge in [-0.3, -0.25) is 0 Å². The standard InChI is InChI=1S/C12H17N/c1-5-8-11(7-3)12(9-6-2)10(4)13/h5-9,13H,3H2,1-2,4H3/b8-5-,9-6-,12-11+,13-10?. The predicted molar refractivity (Wildman–Crippen MR) is 60.3 cm³/mol. The molecule has 0 saturated carbocycles. The van der Waals surface area contributed by atoms with E-state index in [2.05, 4.69) is 6.58 Å². The minimum atomic E-state index is 0.561. The molecular formula is C12H17N. The van der Waals surface area contributed by atoms with Gasteiger partial charge in [-0.25, -0.2) is 0 Å². The van der Waals surface area contributed by atoms with Crippen LogP contribution in [0.25, 0.3) is 0 Å². The third kappa shape index (κ3) is 3.70. The minimum Gasteiger partial charge on any atom is -0.305 e. The molecule has 1 nitrogen and oxygen atoms in total. The Morgan fingerprint density at radius 2 is 1.69 bits per heavy atom. The van der Waals surface area contributed by atoms with Gasteiger partial charge in [0.05, 0.1) is 0 Å². The average molecular weight is 175 g/mol. The summed E-state index contributed by atoms with van der Waals surface area (Å²) in [6.45, 7) is 9.40. The van der Waals surface area contributed by atoms with Crippen LogP contribution in [-0.4, -0.2) is 5.71 Å². The van der Waals surface area contributed by atoms with Crippen LogP contribution in [0.15, 0.2) is 48.1 Å². The first-order valence-electron chi connectivity index (χ1n) is 4.35. The Balaban J connectivity index is 5.24. The lowest BCUT2D eigenvalue weighted by Crippen LogP contribution is -1.95. The topological polar surface area (TPSA) is 23.9 Å². The molecule has 1 N–H and O–H groups in total. The molecule has 0 aliphatic rings. The Morgan fingerprint density at radius 1 is 1.15 bits per heavy atom. The average Bonchev–Trinajstić information content (AvgIpc) is 2.10. The molecule has 0 aliphatic carbocycles. The molecule has 0 heterocycles. The minimum absolute atomic E-state index is 0.561. The SMILES string of the molecule is C=CC(/C=C\C)=C(/C=C\C)C(C)=N. The van der Waals surface area contributed by atoms with E-state index in [0.29, 0.717) is 5.71 Å². The van der Waals surface area contributed by atoms with Crippen LogP contribution in [0, 0.1) is 5.41 Å². The summed E-state index contributed by atoms with van der Waals surface area (Å²) >= 11 is 0. The van der Waals surface area contributed by atoms with Crippen LogP contribution in [0.4, 0.5) is 0 Å². The third-order valence-corrected chi connectivity index (χ3v) is 1.61. The predicted octanol–water partition coefficient (Wildman–Crippen LogP) is 3.66. The molecule has 0 unspecified atom stereocenters. The maximum Gasteiger partial charge on any atom is 0.0361 e. The van der Waals surface area contributed by atoms with Gasteiger partial charge in [0.15, 0.2) is 0 Å². The third-order valence-electron chi connectivity index (χ3n) is 1.61. The van der Waals surface area contributed by atoms with Crippen molar-refractivity contribution in [1.29, 1.82) is 5.41 Å². The second kappa shape index (κ2) is 6.18. The van der Waals surface area contributed by atoms with Gasteiger partial charge in [0.25, 0.3) is 0 Å². The highest BCUT2D eigenvalue weighted by Gasteiger charge is 1.99.